The van der Waals surface area contributed by atoms with E-state index >= 15 is 0 Å². The molecular formula is C6H4N2O2. The van der Waals surface area contributed by atoms with Gasteiger partial charge in [0.1, 0.15) is 18.0 Å². The van der Waals surface area contributed by atoms with E-state index in [1.54, 1.807) is 6.07 Å². The van der Waals surface area contributed by atoms with E-state index in [0.717, 1.165) is 6.21 Å². The van der Waals surface area contributed by atoms with E-state index in [9.17, 15) is 0 Å². The van der Waals surface area contributed by atoms with Gasteiger partial charge in [0.25, 0.3) is 0 Å². The molecule has 0 radical (unpaired) electrons. The Hall–Kier alpha value is -1.76. The predicted octanol–water partition coefficient (Wildman–Crippen LogP) is 0.959. The van der Waals surface area contributed by atoms with Crippen LogP contribution in [0.3, 0.4) is 0 Å². The average Bonchev–Trinajstić information content (AvgIpc) is 2.37. The normalized spacial score (nSPS) is 9.90. The third-order valence-electron chi connectivity index (χ3n) is 0.922. The molecule has 0 amide bonds. The minimum atomic E-state index is 0.204. The fourth-order valence-corrected chi connectivity index (χ4v) is 0.539. The van der Waals surface area contributed by atoms with Gasteiger partial charge in [0.2, 0.25) is 5.76 Å². The highest BCUT2D eigenvalue weighted by molar-refractivity contribution is 5.75. The fourth-order valence-electron chi connectivity index (χ4n) is 0.539. The highest BCUT2D eigenvalue weighted by Gasteiger charge is 1.95. The van der Waals surface area contributed by atoms with Gasteiger partial charge in [-0.2, -0.15) is 5.26 Å². The van der Waals surface area contributed by atoms with Gasteiger partial charge in [0, 0.05) is 0 Å². The maximum Gasteiger partial charge on any atom is 0.204 e. The lowest BCUT2D eigenvalue weighted by atomic mass is 10.4. The molecule has 10 heavy (non-hydrogen) atoms. The Bertz CT molecular complexity index is 282. The molecule has 0 saturated carbocycles. The summed E-state index contributed by atoms with van der Waals surface area (Å²) in [6, 6.07) is 4.83. The second-order valence-corrected chi connectivity index (χ2v) is 1.56. The number of oxime groups is 1. The quantitative estimate of drug-likeness (QED) is 0.355. The molecule has 4 nitrogen and oxygen atoms in total. The Morgan fingerprint density at radius 2 is 2.50 bits per heavy atom. The standard InChI is InChI=1S/C6H4N2O2/c7-3-5-1-2-6(10-5)4-8-9/h1-2,4,9H. The van der Waals surface area contributed by atoms with E-state index in [0.29, 0.717) is 5.76 Å². The van der Waals surface area contributed by atoms with Crippen molar-refractivity contribution in [1.82, 2.24) is 0 Å². The van der Waals surface area contributed by atoms with Crippen molar-refractivity contribution in [1.29, 1.82) is 5.26 Å². The molecule has 0 fully saturated rings. The molecule has 1 rings (SSSR count). The van der Waals surface area contributed by atoms with Crippen LogP contribution in [0, 0.1) is 11.3 Å². The number of nitriles is 1. The first kappa shape index (κ1) is 6.36. The number of furan rings is 1. The Labute approximate surface area is 57.0 Å². The third kappa shape index (κ3) is 1.14. The first-order valence-electron chi connectivity index (χ1n) is 2.54. The monoisotopic (exact) mass is 136 g/mol. The minimum Gasteiger partial charge on any atom is -0.444 e. The van der Waals surface area contributed by atoms with Gasteiger partial charge < -0.3 is 9.62 Å². The molecule has 1 heterocycles. The SMILES string of the molecule is N#Cc1ccc(C=NO)o1. The molecular weight excluding hydrogens is 132 g/mol. The highest BCUT2D eigenvalue weighted by atomic mass is 16.4. The van der Waals surface area contributed by atoms with Crippen LogP contribution in [0.25, 0.3) is 0 Å². The van der Waals surface area contributed by atoms with Crippen LogP contribution in [-0.2, 0) is 0 Å². The molecule has 0 saturated heterocycles. The van der Waals surface area contributed by atoms with E-state index < -0.39 is 0 Å². The maximum atomic E-state index is 8.27. The van der Waals surface area contributed by atoms with E-state index in [2.05, 4.69) is 5.16 Å². The molecule has 0 aromatic carbocycles. The van der Waals surface area contributed by atoms with Crippen LogP contribution in [0.1, 0.15) is 11.5 Å². The smallest absolute Gasteiger partial charge is 0.204 e. The zero-order valence-corrected chi connectivity index (χ0v) is 4.98. The van der Waals surface area contributed by atoms with Crippen LogP contribution in [-0.4, -0.2) is 11.4 Å². The molecule has 50 valence electrons. The van der Waals surface area contributed by atoms with Crippen molar-refractivity contribution >= 4 is 6.21 Å². The van der Waals surface area contributed by atoms with Crippen LogP contribution in [0.4, 0.5) is 0 Å². The number of nitrogens with zero attached hydrogens (tertiary/aromatic N) is 2. The van der Waals surface area contributed by atoms with Crippen LogP contribution in [0.5, 0.6) is 0 Å². The summed E-state index contributed by atoms with van der Waals surface area (Å²) in [6.45, 7) is 0. The van der Waals surface area contributed by atoms with Gasteiger partial charge in [-0.3, -0.25) is 0 Å². The molecule has 4 heteroatoms. The van der Waals surface area contributed by atoms with Crippen LogP contribution < -0.4 is 0 Å². The third-order valence-corrected chi connectivity index (χ3v) is 0.922. The molecule has 0 bridgehead atoms. The Morgan fingerprint density at radius 3 is 3.00 bits per heavy atom. The summed E-state index contributed by atoms with van der Waals surface area (Å²) in [5, 5.41) is 19.0. The molecule has 0 aliphatic carbocycles. The average molecular weight is 136 g/mol. The zero-order valence-electron chi connectivity index (χ0n) is 4.98. The van der Waals surface area contributed by atoms with E-state index in [1.807, 2.05) is 0 Å². The number of hydrogen-bond donors (Lipinski definition) is 1. The van der Waals surface area contributed by atoms with Crippen molar-refractivity contribution in [3.8, 4) is 6.07 Å². The summed E-state index contributed by atoms with van der Waals surface area (Å²) in [6.07, 6.45) is 1.11. The van der Waals surface area contributed by atoms with Crippen LogP contribution in [0.15, 0.2) is 21.7 Å². The summed E-state index contributed by atoms with van der Waals surface area (Å²) in [5.41, 5.74) is 0. The topological polar surface area (TPSA) is 69.5 Å². The number of hydrogen-bond acceptors (Lipinski definition) is 4. The van der Waals surface area contributed by atoms with E-state index in [-0.39, 0.29) is 5.76 Å². The maximum absolute atomic E-state index is 8.27. The molecule has 1 aromatic rings. The molecule has 0 unspecified atom stereocenters. The van der Waals surface area contributed by atoms with Crippen LogP contribution >= 0.6 is 0 Å². The van der Waals surface area contributed by atoms with E-state index in [4.69, 9.17) is 14.9 Å². The summed E-state index contributed by atoms with van der Waals surface area (Å²) in [7, 11) is 0. The summed E-state index contributed by atoms with van der Waals surface area (Å²) < 4.78 is 4.80. The van der Waals surface area contributed by atoms with E-state index in [1.165, 1.54) is 12.1 Å². The van der Waals surface area contributed by atoms with Crippen molar-refractivity contribution in [2.45, 2.75) is 0 Å². The number of rotatable bonds is 1. The Balaban J connectivity index is 2.91. The fraction of sp³-hybridized carbons (Fsp3) is 0. The molecule has 0 aliphatic rings. The lowest BCUT2D eigenvalue weighted by molar-refractivity contribution is 0.320. The van der Waals surface area contributed by atoms with Crippen molar-refractivity contribution in [2.75, 3.05) is 0 Å². The Morgan fingerprint density at radius 1 is 1.70 bits per heavy atom. The van der Waals surface area contributed by atoms with Crippen molar-refractivity contribution in [3.63, 3.8) is 0 Å². The zero-order chi connectivity index (χ0) is 7.40. The summed E-state index contributed by atoms with van der Waals surface area (Å²) >= 11 is 0. The second-order valence-electron chi connectivity index (χ2n) is 1.56. The van der Waals surface area contributed by atoms with Gasteiger partial charge in [0.15, 0.2) is 0 Å². The summed E-state index contributed by atoms with van der Waals surface area (Å²) in [4.78, 5) is 0. The molecule has 0 aliphatic heterocycles. The van der Waals surface area contributed by atoms with Gasteiger partial charge in [-0.05, 0) is 12.1 Å². The Kier molecular flexibility index (Phi) is 1.71. The van der Waals surface area contributed by atoms with Gasteiger partial charge in [-0.15, -0.1) is 0 Å². The van der Waals surface area contributed by atoms with Crippen LogP contribution in [0.2, 0.25) is 0 Å². The predicted molar refractivity (Wildman–Crippen MR) is 32.8 cm³/mol. The van der Waals surface area contributed by atoms with Crippen molar-refractivity contribution < 1.29 is 9.62 Å². The molecule has 1 aromatic heterocycles. The van der Waals surface area contributed by atoms with Gasteiger partial charge in [-0.1, -0.05) is 5.16 Å². The minimum absolute atomic E-state index is 0.204. The molecule has 0 atom stereocenters. The summed E-state index contributed by atoms with van der Waals surface area (Å²) in [5.74, 6) is 0.564. The van der Waals surface area contributed by atoms with Gasteiger partial charge >= 0.3 is 0 Å². The van der Waals surface area contributed by atoms with Gasteiger partial charge in [0.05, 0.1) is 0 Å². The first-order chi connectivity index (χ1) is 4.86. The molecule has 0 spiro atoms. The largest absolute Gasteiger partial charge is 0.444 e. The van der Waals surface area contributed by atoms with Crippen molar-refractivity contribution in [3.05, 3.63) is 23.7 Å². The first-order valence-corrected chi connectivity index (χ1v) is 2.54. The van der Waals surface area contributed by atoms with Gasteiger partial charge in [-0.25, -0.2) is 0 Å². The van der Waals surface area contributed by atoms with Crippen molar-refractivity contribution in [2.24, 2.45) is 5.16 Å². The molecule has 1 N–H and O–H groups in total. The lowest BCUT2D eigenvalue weighted by Crippen LogP contribution is -1.71. The lowest BCUT2D eigenvalue weighted by Gasteiger charge is -1.77. The second kappa shape index (κ2) is 2.69. The highest BCUT2D eigenvalue weighted by Crippen LogP contribution is 2.02.